The number of nitrogens with one attached hydrogen (secondary N) is 2. The van der Waals surface area contributed by atoms with Gasteiger partial charge in [-0.25, -0.2) is 4.39 Å². The van der Waals surface area contributed by atoms with Crippen molar-refractivity contribution in [2.75, 3.05) is 6.54 Å². The van der Waals surface area contributed by atoms with Gasteiger partial charge in [-0.05, 0) is 42.3 Å². The van der Waals surface area contributed by atoms with E-state index in [4.69, 9.17) is 4.42 Å². The molecule has 0 aliphatic heterocycles. The highest BCUT2D eigenvalue weighted by molar-refractivity contribution is 5.99. The van der Waals surface area contributed by atoms with Crippen LogP contribution in [-0.2, 0) is 0 Å². The zero-order chi connectivity index (χ0) is 21.4. The van der Waals surface area contributed by atoms with Gasteiger partial charge in [0.15, 0.2) is 5.76 Å². The fraction of sp³-hybridized carbons (Fsp3) is 0.115. The standard InChI is InChI=1S/C26H21FN2O2/c1-16-20-13-18(27)11-12-24(20)31-25(16)26(30)29-14-21(17-7-3-2-4-8-17)22-15-28-23-10-6-5-9-19(22)23/h2-13,15,21,28H,14H2,1H3,(H,29,30)/t21-/m1/s1. The molecule has 2 heterocycles. The maximum absolute atomic E-state index is 13.6. The molecular formula is C26H21FN2O2. The average Bonchev–Trinajstić information content (AvgIpc) is 3.36. The second kappa shape index (κ2) is 7.76. The summed E-state index contributed by atoms with van der Waals surface area (Å²) < 4.78 is 19.3. The third kappa shape index (κ3) is 3.48. The number of halogens is 1. The van der Waals surface area contributed by atoms with E-state index in [1.54, 1.807) is 13.0 Å². The molecule has 0 aliphatic rings. The fourth-order valence-corrected chi connectivity index (χ4v) is 4.16. The smallest absolute Gasteiger partial charge is 0.287 e. The second-order valence-electron chi connectivity index (χ2n) is 7.66. The molecule has 4 nitrogen and oxygen atoms in total. The molecule has 0 aliphatic carbocycles. The molecule has 0 saturated heterocycles. The van der Waals surface area contributed by atoms with Gasteiger partial charge in [-0.15, -0.1) is 0 Å². The van der Waals surface area contributed by atoms with E-state index in [9.17, 15) is 9.18 Å². The normalized spacial score (nSPS) is 12.3. The molecule has 3 aromatic carbocycles. The number of H-pyrrole nitrogens is 1. The first-order valence-corrected chi connectivity index (χ1v) is 10.2. The monoisotopic (exact) mass is 412 g/mol. The lowest BCUT2D eigenvalue weighted by molar-refractivity contribution is 0.0926. The quantitative estimate of drug-likeness (QED) is 0.376. The zero-order valence-electron chi connectivity index (χ0n) is 17.0. The molecule has 0 fully saturated rings. The van der Waals surface area contributed by atoms with Gasteiger partial charge in [-0.2, -0.15) is 0 Å². The minimum absolute atomic E-state index is 0.0385. The highest BCUT2D eigenvalue weighted by Crippen LogP contribution is 2.31. The van der Waals surface area contributed by atoms with E-state index >= 15 is 0 Å². The van der Waals surface area contributed by atoms with E-state index in [-0.39, 0.29) is 23.4 Å². The summed E-state index contributed by atoms with van der Waals surface area (Å²) in [7, 11) is 0. The van der Waals surface area contributed by atoms with Gasteiger partial charge >= 0.3 is 0 Å². The van der Waals surface area contributed by atoms with Crippen molar-refractivity contribution in [2.45, 2.75) is 12.8 Å². The number of hydrogen-bond acceptors (Lipinski definition) is 2. The van der Waals surface area contributed by atoms with Crippen molar-refractivity contribution in [1.82, 2.24) is 10.3 Å². The second-order valence-corrected chi connectivity index (χ2v) is 7.66. The number of aromatic nitrogens is 1. The lowest BCUT2D eigenvalue weighted by atomic mass is 9.91. The lowest BCUT2D eigenvalue weighted by Crippen LogP contribution is -2.29. The Morgan fingerprint density at radius 2 is 1.81 bits per heavy atom. The maximum atomic E-state index is 13.6. The molecule has 154 valence electrons. The number of amides is 1. The van der Waals surface area contributed by atoms with Crippen molar-refractivity contribution in [1.29, 1.82) is 0 Å². The number of carbonyl (C=O) groups excluding carboxylic acids is 1. The molecule has 0 saturated carbocycles. The fourth-order valence-electron chi connectivity index (χ4n) is 4.16. The lowest BCUT2D eigenvalue weighted by Gasteiger charge is -2.18. The molecule has 0 spiro atoms. The largest absolute Gasteiger partial charge is 0.451 e. The molecular weight excluding hydrogens is 391 g/mol. The summed E-state index contributed by atoms with van der Waals surface area (Å²) in [6.45, 7) is 2.17. The molecule has 5 aromatic rings. The first kappa shape index (κ1) is 19.1. The highest BCUT2D eigenvalue weighted by Gasteiger charge is 2.22. The van der Waals surface area contributed by atoms with Crippen molar-refractivity contribution in [3.05, 3.63) is 107 Å². The van der Waals surface area contributed by atoms with Gasteiger partial charge in [0.05, 0.1) is 0 Å². The molecule has 2 N–H and O–H groups in total. The van der Waals surface area contributed by atoms with Gasteiger partial charge in [-0.3, -0.25) is 4.79 Å². The van der Waals surface area contributed by atoms with E-state index in [2.05, 4.69) is 28.5 Å². The highest BCUT2D eigenvalue weighted by atomic mass is 19.1. The van der Waals surface area contributed by atoms with Gasteiger partial charge in [0.1, 0.15) is 11.4 Å². The molecule has 0 unspecified atom stereocenters. The minimum Gasteiger partial charge on any atom is -0.451 e. The number of benzene rings is 3. The Bertz CT molecular complexity index is 1380. The summed E-state index contributed by atoms with van der Waals surface area (Å²) in [4.78, 5) is 16.3. The Hall–Kier alpha value is -3.86. The molecule has 1 amide bonds. The number of hydrogen-bond donors (Lipinski definition) is 2. The molecule has 1 atom stereocenters. The van der Waals surface area contributed by atoms with Crippen molar-refractivity contribution in [3.63, 3.8) is 0 Å². The minimum atomic E-state index is -0.355. The Labute approximate surface area is 178 Å². The summed E-state index contributed by atoms with van der Waals surface area (Å²) in [5, 5.41) is 4.76. The first-order chi connectivity index (χ1) is 15.1. The van der Waals surface area contributed by atoms with Gasteiger partial charge in [0, 0.05) is 40.5 Å². The van der Waals surface area contributed by atoms with Crippen molar-refractivity contribution < 1.29 is 13.6 Å². The van der Waals surface area contributed by atoms with Crippen LogP contribution < -0.4 is 5.32 Å². The van der Waals surface area contributed by atoms with E-state index in [1.165, 1.54) is 12.1 Å². The maximum Gasteiger partial charge on any atom is 0.287 e. The molecule has 5 rings (SSSR count). The van der Waals surface area contributed by atoms with Crippen LogP contribution in [0.1, 0.15) is 33.2 Å². The topological polar surface area (TPSA) is 58.0 Å². The van der Waals surface area contributed by atoms with E-state index in [0.29, 0.717) is 23.1 Å². The third-order valence-electron chi connectivity index (χ3n) is 5.77. The number of carbonyl (C=O) groups is 1. The number of rotatable bonds is 5. The summed E-state index contributed by atoms with van der Waals surface area (Å²) in [6, 6.07) is 22.5. The number of fused-ring (bicyclic) bond motifs is 2. The molecule has 2 aromatic heterocycles. The Kier molecular flexibility index (Phi) is 4.79. The third-order valence-corrected chi connectivity index (χ3v) is 5.77. The first-order valence-electron chi connectivity index (χ1n) is 10.2. The Balaban J connectivity index is 1.47. The molecule has 5 heteroatoms. The van der Waals surface area contributed by atoms with Crippen molar-refractivity contribution in [3.8, 4) is 0 Å². The predicted molar refractivity (Wildman–Crippen MR) is 120 cm³/mol. The Morgan fingerprint density at radius 3 is 2.65 bits per heavy atom. The average molecular weight is 412 g/mol. The van der Waals surface area contributed by atoms with Crippen LogP contribution in [0.5, 0.6) is 0 Å². The van der Waals surface area contributed by atoms with E-state index < -0.39 is 0 Å². The van der Waals surface area contributed by atoms with Crippen LogP contribution in [0.3, 0.4) is 0 Å². The van der Waals surface area contributed by atoms with Gasteiger partial charge < -0.3 is 14.7 Å². The molecule has 31 heavy (non-hydrogen) atoms. The number of para-hydroxylation sites is 1. The SMILES string of the molecule is Cc1c(C(=O)NC[C@H](c2ccccc2)c2c[nH]c3ccccc23)oc2ccc(F)cc12. The van der Waals surface area contributed by atoms with E-state index in [1.807, 2.05) is 42.6 Å². The summed E-state index contributed by atoms with van der Waals surface area (Å²) >= 11 is 0. The summed E-state index contributed by atoms with van der Waals surface area (Å²) in [5.74, 6) is -0.489. The van der Waals surface area contributed by atoms with Crippen LogP contribution in [-0.4, -0.2) is 17.4 Å². The van der Waals surface area contributed by atoms with Crippen molar-refractivity contribution in [2.24, 2.45) is 0 Å². The van der Waals surface area contributed by atoms with Crippen LogP contribution in [0.15, 0.2) is 83.4 Å². The van der Waals surface area contributed by atoms with Crippen LogP contribution in [0, 0.1) is 12.7 Å². The van der Waals surface area contributed by atoms with E-state index in [0.717, 1.165) is 22.0 Å². The van der Waals surface area contributed by atoms with Gasteiger partial charge in [-0.1, -0.05) is 48.5 Å². The molecule has 0 radical (unpaired) electrons. The zero-order valence-corrected chi connectivity index (χ0v) is 17.0. The number of furan rings is 1. The van der Waals surface area contributed by atoms with Crippen LogP contribution in [0.25, 0.3) is 21.9 Å². The summed E-state index contributed by atoms with van der Waals surface area (Å²) in [5.41, 5.74) is 4.41. The number of aryl methyl sites for hydroxylation is 1. The van der Waals surface area contributed by atoms with Crippen LogP contribution in [0.4, 0.5) is 4.39 Å². The van der Waals surface area contributed by atoms with Crippen molar-refractivity contribution >= 4 is 27.8 Å². The summed E-state index contributed by atoms with van der Waals surface area (Å²) in [6.07, 6.45) is 2.00. The Morgan fingerprint density at radius 1 is 1.03 bits per heavy atom. The van der Waals surface area contributed by atoms with Crippen LogP contribution in [0.2, 0.25) is 0 Å². The van der Waals surface area contributed by atoms with Gasteiger partial charge in [0.2, 0.25) is 0 Å². The van der Waals surface area contributed by atoms with Crippen LogP contribution >= 0.6 is 0 Å². The predicted octanol–water partition coefficient (Wildman–Crippen LogP) is 5.92. The van der Waals surface area contributed by atoms with Gasteiger partial charge in [0.25, 0.3) is 5.91 Å². The number of aromatic amines is 1. The molecule has 0 bridgehead atoms.